The molecule has 0 bridgehead atoms. The van der Waals surface area contributed by atoms with Crippen LogP contribution in [-0.2, 0) is 4.79 Å². The molecular formula is C18H19NOS. The SMILES string of the molecule is Cc1cccc(/C=C/C(=O)NCCSc2ccccc2)c1. The molecule has 0 aromatic heterocycles. The van der Waals surface area contributed by atoms with E-state index in [1.165, 1.54) is 10.5 Å². The molecule has 0 saturated heterocycles. The Morgan fingerprint density at radius 1 is 1.14 bits per heavy atom. The summed E-state index contributed by atoms with van der Waals surface area (Å²) in [6.45, 7) is 2.70. The number of thioether (sulfide) groups is 1. The second kappa shape index (κ2) is 8.32. The lowest BCUT2D eigenvalue weighted by Gasteiger charge is -2.02. The van der Waals surface area contributed by atoms with E-state index >= 15 is 0 Å². The molecule has 0 heterocycles. The van der Waals surface area contributed by atoms with Crippen LogP contribution in [0.2, 0.25) is 0 Å². The number of hydrogen-bond acceptors (Lipinski definition) is 2. The summed E-state index contributed by atoms with van der Waals surface area (Å²) < 4.78 is 0. The van der Waals surface area contributed by atoms with Gasteiger partial charge in [-0.15, -0.1) is 11.8 Å². The molecule has 21 heavy (non-hydrogen) atoms. The first-order valence-electron chi connectivity index (χ1n) is 6.94. The first kappa shape index (κ1) is 15.4. The molecule has 0 radical (unpaired) electrons. The number of rotatable bonds is 6. The third kappa shape index (κ3) is 5.88. The molecule has 2 rings (SSSR count). The quantitative estimate of drug-likeness (QED) is 0.497. The predicted molar refractivity (Wildman–Crippen MR) is 90.4 cm³/mol. The largest absolute Gasteiger partial charge is 0.352 e. The van der Waals surface area contributed by atoms with Crippen molar-refractivity contribution >= 4 is 23.7 Å². The van der Waals surface area contributed by atoms with Crippen LogP contribution < -0.4 is 5.32 Å². The third-order valence-electron chi connectivity index (χ3n) is 2.88. The summed E-state index contributed by atoms with van der Waals surface area (Å²) in [5.74, 6) is 0.818. The topological polar surface area (TPSA) is 29.1 Å². The first-order valence-corrected chi connectivity index (χ1v) is 7.93. The van der Waals surface area contributed by atoms with Crippen molar-refractivity contribution in [3.63, 3.8) is 0 Å². The molecule has 1 amide bonds. The minimum Gasteiger partial charge on any atom is -0.352 e. The Hall–Kier alpha value is -2.00. The van der Waals surface area contributed by atoms with Crippen molar-refractivity contribution in [1.29, 1.82) is 0 Å². The number of amides is 1. The van der Waals surface area contributed by atoms with Gasteiger partial charge >= 0.3 is 0 Å². The third-order valence-corrected chi connectivity index (χ3v) is 3.90. The van der Waals surface area contributed by atoms with Gasteiger partial charge in [-0.25, -0.2) is 0 Å². The van der Waals surface area contributed by atoms with Gasteiger partial charge in [-0.2, -0.15) is 0 Å². The molecule has 0 fully saturated rings. The highest BCUT2D eigenvalue weighted by atomic mass is 32.2. The van der Waals surface area contributed by atoms with E-state index in [4.69, 9.17) is 0 Å². The lowest BCUT2D eigenvalue weighted by Crippen LogP contribution is -2.23. The normalized spacial score (nSPS) is 10.7. The van der Waals surface area contributed by atoms with E-state index in [2.05, 4.69) is 23.5 Å². The summed E-state index contributed by atoms with van der Waals surface area (Å²) in [5.41, 5.74) is 2.24. The Morgan fingerprint density at radius 3 is 2.71 bits per heavy atom. The Labute approximate surface area is 130 Å². The van der Waals surface area contributed by atoms with Gasteiger partial charge in [0.25, 0.3) is 0 Å². The van der Waals surface area contributed by atoms with Gasteiger partial charge < -0.3 is 5.32 Å². The number of benzene rings is 2. The maximum Gasteiger partial charge on any atom is 0.244 e. The fourth-order valence-electron chi connectivity index (χ4n) is 1.86. The van der Waals surface area contributed by atoms with Crippen molar-refractivity contribution in [2.24, 2.45) is 0 Å². The lowest BCUT2D eigenvalue weighted by atomic mass is 10.1. The van der Waals surface area contributed by atoms with Gasteiger partial charge in [-0.1, -0.05) is 48.0 Å². The van der Waals surface area contributed by atoms with Crippen LogP contribution in [0.5, 0.6) is 0 Å². The van der Waals surface area contributed by atoms with Crippen molar-refractivity contribution in [1.82, 2.24) is 5.32 Å². The molecule has 0 unspecified atom stereocenters. The minimum atomic E-state index is -0.0508. The van der Waals surface area contributed by atoms with Crippen LogP contribution in [-0.4, -0.2) is 18.2 Å². The van der Waals surface area contributed by atoms with E-state index in [0.29, 0.717) is 6.54 Å². The molecular weight excluding hydrogens is 278 g/mol. The molecule has 2 aromatic rings. The molecule has 0 spiro atoms. The molecule has 0 aliphatic heterocycles. The maximum absolute atomic E-state index is 11.7. The summed E-state index contributed by atoms with van der Waals surface area (Å²) in [4.78, 5) is 12.9. The number of aryl methyl sites for hydroxylation is 1. The van der Waals surface area contributed by atoms with Crippen molar-refractivity contribution in [2.75, 3.05) is 12.3 Å². The highest BCUT2D eigenvalue weighted by Crippen LogP contribution is 2.15. The van der Waals surface area contributed by atoms with Crippen LogP contribution in [0.4, 0.5) is 0 Å². The van der Waals surface area contributed by atoms with E-state index in [9.17, 15) is 4.79 Å². The van der Waals surface area contributed by atoms with Crippen molar-refractivity contribution in [3.8, 4) is 0 Å². The average molecular weight is 297 g/mol. The zero-order chi connectivity index (χ0) is 14.9. The molecule has 2 aromatic carbocycles. The van der Waals surface area contributed by atoms with Gasteiger partial charge in [0.05, 0.1) is 0 Å². The van der Waals surface area contributed by atoms with Gasteiger partial charge in [-0.3, -0.25) is 4.79 Å². The van der Waals surface area contributed by atoms with Crippen LogP contribution >= 0.6 is 11.8 Å². The Bertz CT molecular complexity index is 608. The molecule has 3 heteroatoms. The van der Waals surface area contributed by atoms with E-state index in [1.54, 1.807) is 17.8 Å². The summed E-state index contributed by atoms with van der Waals surface area (Å²) in [5, 5.41) is 2.89. The Kier molecular flexibility index (Phi) is 6.10. The monoisotopic (exact) mass is 297 g/mol. The second-order valence-electron chi connectivity index (χ2n) is 4.70. The molecule has 0 aliphatic rings. The van der Waals surface area contributed by atoms with Crippen molar-refractivity contribution < 1.29 is 4.79 Å². The van der Waals surface area contributed by atoms with E-state index < -0.39 is 0 Å². The van der Waals surface area contributed by atoms with Gasteiger partial charge in [0.1, 0.15) is 0 Å². The highest BCUT2D eigenvalue weighted by Gasteiger charge is 1.96. The molecule has 1 N–H and O–H groups in total. The van der Waals surface area contributed by atoms with Crippen LogP contribution in [0.15, 0.2) is 65.6 Å². The van der Waals surface area contributed by atoms with Crippen LogP contribution in [0.3, 0.4) is 0 Å². The molecule has 0 saturated carbocycles. The second-order valence-corrected chi connectivity index (χ2v) is 5.87. The van der Waals surface area contributed by atoms with Crippen molar-refractivity contribution in [2.45, 2.75) is 11.8 Å². The molecule has 2 nitrogen and oxygen atoms in total. The molecule has 0 atom stereocenters. The molecule has 108 valence electrons. The summed E-state index contributed by atoms with van der Waals surface area (Å²) in [6.07, 6.45) is 3.43. The number of hydrogen-bond donors (Lipinski definition) is 1. The predicted octanol–water partition coefficient (Wildman–Crippen LogP) is 3.92. The van der Waals surface area contributed by atoms with Gasteiger partial charge in [0.2, 0.25) is 5.91 Å². The van der Waals surface area contributed by atoms with Gasteiger partial charge in [0, 0.05) is 23.3 Å². The Balaban J connectivity index is 1.70. The zero-order valence-corrected chi connectivity index (χ0v) is 12.9. The lowest BCUT2D eigenvalue weighted by molar-refractivity contribution is -0.116. The van der Waals surface area contributed by atoms with E-state index in [0.717, 1.165) is 11.3 Å². The zero-order valence-electron chi connectivity index (χ0n) is 12.1. The highest BCUT2D eigenvalue weighted by molar-refractivity contribution is 7.99. The summed E-state index contributed by atoms with van der Waals surface area (Å²) in [6, 6.07) is 18.3. The maximum atomic E-state index is 11.7. The van der Waals surface area contributed by atoms with Crippen LogP contribution in [0.1, 0.15) is 11.1 Å². The summed E-state index contributed by atoms with van der Waals surface area (Å²) >= 11 is 1.74. The standard InChI is InChI=1S/C18H19NOS/c1-15-6-5-7-16(14-15)10-11-18(20)19-12-13-21-17-8-3-2-4-9-17/h2-11,14H,12-13H2,1H3,(H,19,20)/b11-10+. The minimum absolute atomic E-state index is 0.0508. The fourth-order valence-corrected chi connectivity index (χ4v) is 2.65. The fraction of sp³-hybridized carbons (Fsp3) is 0.167. The molecule has 0 aliphatic carbocycles. The van der Waals surface area contributed by atoms with Gasteiger partial charge in [0.15, 0.2) is 0 Å². The smallest absolute Gasteiger partial charge is 0.244 e. The van der Waals surface area contributed by atoms with E-state index in [1.807, 2.05) is 49.4 Å². The average Bonchev–Trinajstić information content (AvgIpc) is 2.51. The number of nitrogens with one attached hydrogen (secondary N) is 1. The Morgan fingerprint density at radius 2 is 1.95 bits per heavy atom. The number of carbonyl (C=O) groups is 1. The first-order chi connectivity index (χ1) is 10.2. The van der Waals surface area contributed by atoms with Crippen LogP contribution in [0.25, 0.3) is 6.08 Å². The summed E-state index contributed by atoms with van der Waals surface area (Å²) in [7, 11) is 0. The number of carbonyl (C=O) groups excluding carboxylic acids is 1. The van der Waals surface area contributed by atoms with Crippen molar-refractivity contribution in [3.05, 3.63) is 71.8 Å². The van der Waals surface area contributed by atoms with E-state index in [-0.39, 0.29) is 5.91 Å². The van der Waals surface area contributed by atoms with Gasteiger partial charge in [-0.05, 0) is 30.7 Å². The van der Waals surface area contributed by atoms with Crippen LogP contribution in [0, 0.1) is 6.92 Å².